The van der Waals surface area contributed by atoms with Gasteiger partial charge in [0.15, 0.2) is 0 Å². The first-order chi connectivity index (χ1) is 8.22. The summed E-state index contributed by atoms with van der Waals surface area (Å²) < 4.78 is 0. The number of carbonyl (C=O) groups is 1. The van der Waals surface area contributed by atoms with Gasteiger partial charge in [-0.2, -0.15) is 0 Å². The molecule has 4 heteroatoms. The number of fused-ring (bicyclic) bond motifs is 2. The molecule has 1 N–H and O–H groups in total. The van der Waals surface area contributed by atoms with Gasteiger partial charge in [-0.3, -0.25) is 10.2 Å². The zero-order valence-corrected chi connectivity index (χ0v) is 10.7. The van der Waals surface area contributed by atoms with Gasteiger partial charge in [0.1, 0.15) is 0 Å². The second-order valence-corrected chi connectivity index (χ2v) is 6.05. The van der Waals surface area contributed by atoms with Crippen LogP contribution in [0, 0.1) is 17.8 Å². The first kappa shape index (κ1) is 11.5. The van der Waals surface area contributed by atoms with Crippen LogP contribution in [0.5, 0.6) is 0 Å². The number of amides is 1. The van der Waals surface area contributed by atoms with Gasteiger partial charge in [-0.05, 0) is 38.1 Å². The van der Waals surface area contributed by atoms with E-state index in [1.165, 1.54) is 19.3 Å². The van der Waals surface area contributed by atoms with E-state index in [1.807, 2.05) is 0 Å². The standard InChI is InChI=1S/C13H23N3O/c1-15-4-6-16(7-5-15)14-13(17)12-9-10-2-3-11(12)8-10/h10-12H,2-9H2,1H3,(H,14,17)/t10-,11-,12-/m0/s1. The molecule has 0 aromatic rings. The van der Waals surface area contributed by atoms with Crippen LogP contribution in [0.25, 0.3) is 0 Å². The molecule has 96 valence electrons. The first-order valence-electron chi connectivity index (χ1n) is 6.96. The van der Waals surface area contributed by atoms with E-state index >= 15 is 0 Å². The van der Waals surface area contributed by atoms with Crippen LogP contribution in [0.1, 0.15) is 25.7 Å². The van der Waals surface area contributed by atoms with E-state index in [0.717, 1.165) is 38.5 Å². The van der Waals surface area contributed by atoms with E-state index in [4.69, 9.17) is 0 Å². The first-order valence-corrected chi connectivity index (χ1v) is 6.96. The van der Waals surface area contributed by atoms with Crippen molar-refractivity contribution in [2.45, 2.75) is 25.7 Å². The zero-order valence-electron chi connectivity index (χ0n) is 10.7. The lowest BCUT2D eigenvalue weighted by Crippen LogP contribution is -2.54. The second-order valence-electron chi connectivity index (χ2n) is 6.05. The Balaban J connectivity index is 1.50. The highest BCUT2D eigenvalue weighted by atomic mass is 16.2. The molecular formula is C13H23N3O. The highest BCUT2D eigenvalue weighted by molar-refractivity contribution is 5.79. The highest BCUT2D eigenvalue weighted by Crippen LogP contribution is 2.48. The molecule has 3 aliphatic rings. The Morgan fingerprint density at radius 3 is 2.47 bits per heavy atom. The van der Waals surface area contributed by atoms with E-state index in [1.54, 1.807) is 0 Å². The molecule has 3 rings (SSSR count). The quantitative estimate of drug-likeness (QED) is 0.768. The van der Waals surface area contributed by atoms with Crippen LogP contribution < -0.4 is 5.43 Å². The fourth-order valence-corrected chi connectivity index (χ4v) is 3.72. The Labute approximate surface area is 103 Å². The minimum Gasteiger partial charge on any atom is -0.304 e. The maximum atomic E-state index is 12.2. The maximum Gasteiger partial charge on any atom is 0.237 e. The molecular weight excluding hydrogens is 214 g/mol. The molecule has 3 fully saturated rings. The van der Waals surface area contributed by atoms with E-state index in [9.17, 15) is 4.79 Å². The minimum absolute atomic E-state index is 0.293. The van der Waals surface area contributed by atoms with Gasteiger partial charge in [0.25, 0.3) is 0 Å². The van der Waals surface area contributed by atoms with Crippen molar-refractivity contribution in [2.75, 3.05) is 33.2 Å². The molecule has 1 heterocycles. The maximum absolute atomic E-state index is 12.2. The molecule has 1 saturated heterocycles. The number of hydrazine groups is 1. The lowest BCUT2D eigenvalue weighted by Gasteiger charge is -2.33. The average molecular weight is 237 g/mol. The van der Waals surface area contributed by atoms with Crippen LogP contribution in [-0.2, 0) is 4.79 Å². The number of rotatable bonds is 2. The zero-order chi connectivity index (χ0) is 11.8. The van der Waals surface area contributed by atoms with Gasteiger partial charge in [-0.25, -0.2) is 5.01 Å². The third kappa shape index (κ3) is 2.33. The largest absolute Gasteiger partial charge is 0.304 e. The van der Waals surface area contributed by atoms with Crippen LogP contribution >= 0.6 is 0 Å². The molecule has 2 saturated carbocycles. The Morgan fingerprint density at radius 2 is 1.88 bits per heavy atom. The molecule has 3 atom stereocenters. The minimum atomic E-state index is 0.293. The van der Waals surface area contributed by atoms with Gasteiger partial charge in [-0.15, -0.1) is 0 Å². The monoisotopic (exact) mass is 237 g/mol. The third-order valence-electron chi connectivity index (χ3n) is 4.85. The summed E-state index contributed by atoms with van der Waals surface area (Å²) in [6, 6.07) is 0. The van der Waals surface area contributed by atoms with E-state index in [2.05, 4.69) is 22.4 Å². The molecule has 0 unspecified atom stereocenters. The van der Waals surface area contributed by atoms with Crippen molar-refractivity contribution in [3.63, 3.8) is 0 Å². The summed E-state index contributed by atoms with van der Waals surface area (Å²) in [5, 5.41) is 2.11. The van der Waals surface area contributed by atoms with Gasteiger partial charge in [-0.1, -0.05) is 6.42 Å². The fourth-order valence-electron chi connectivity index (χ4n) is 3.72. The van der Waals surface area contributed by atoms with Gasteiger partial charge in [0.2, 0.25) is 5.91 Å². The van der Waals surface area contributed by atoms with Gasteiger partial charge in [0, 0.05) is 32.1 Å². The van der Waals surface area contributed by atoms with Gasteiger partial charge >= 0.3 is 0 Å². The Morgan fingerprint density at radius 1 is 1.12 bits per heavy atom. The topological polar surface area (TPSA) is 35.6 Å². The van der Waals surface area contributed by atoms with Gasteiger partial charge in [0.05, 0.1) is 0 Å². The average Bonchev–Trinajstić information content (AvgIpc) is 2.94. The Kier molecular flexibility index (Phi) is 3.09. The Hall–Kier alpha value is -0.610. The fraction of sp³-hybridized carbons (Fsp3) is 0.923. The summed E-state index contributed by atoms with van der Waals surface area (Å²) in [5.74, 6) is 2.14. The predicted octanol–water partition coefficient (Wildman–Crippen LogP) is 0.701. The van der Waals surface area contributed by atoms with Crippen molar-refractivity contribution in [3.05, 3.63) is 0 Å². The SMILES string of the molecule is CN1CCN(NC(=O)[C@H]2C[C@H]3CC[C@H]2C3)CC1. The molecule has 0 aromatic heterocycles. The second kappa shape index (κ2) is 4.58. The molecule has 17 heavy (non-hydrogen) atoms. The van der Waals surface area contributed by atoms with Crippen molar-refractivity contribution in [1.29, 1.82) is 0 Å². The summed E-state index contributed by atoms with van der Waals surface area (Å²) in [5.41, 5.74) is 3.13. The van der Waals surface area contributed by atoms with E-state index < -0.39 is 0 Å². The molecule has 1 amide bonds. The summed E-state index contributed by atoms with van der Waals surface area (Å²) in [7, 11) is 2.13. The number of nitrogens with one attached hydrogen (secondary N) is 1. The highest BCUT2D eigenvalue weighted by Gasteiger charge is 2.43. The molecule has 2 bridgehead atoms. The van der Waals surface area contributed by atoms with Crippen LogP contribution in [-0.4, -0.2) is 49.0 Å². The number of carbonyl (C=O) groups excluding carboxylic acids is 1. The molecule has 0 radical (unpaired) electrons. The number of hydrogen-bond donors (Lipinski definition) is 1. The van der Waals surface area contributed by atoms with Gasteiger partial charge < -0.3 is 4.90 Å². The molecule has 0 spiro atoms. The van der Waals surface area contributed by atoms with Crippen molar-refractivity contribution < 1.29 is 4.79 Å². The molecule has 1 aliphatic heterocycles. The van der Waals surface area contributed by atoms with Crippen molar-refractivity contribution in [2.24, 2.45) is 17.8 Å². The number of likely N-dealkylation sites (N-methyl/N-ethyl adjacent to an activating group) is 1. The van der Waals surface area contributed by atoms with Crippen molar-refractivity contribution in [3.8, 4) is 0 Å². The van der Waals surface area contributed by atoms with Crippen LogP contribution in [0.2, 0.25) is 0 Å². The summed E-state index contributed by atoms with van der Waals surface area (Å²) >= 11 is 0. The van der Waals surface area contributed by atoms with Crippen molar-refractivity contribution in [1.82, 2.24) is 15.3 Å². The molecule has 0 aromatic carbocycles. The summed E-state index contributed by atoms with van der Waals surface area (Å²) in [6.07, 6.45) is 5.10. The Bertz CT molecular complexity index is 299. The number of hydrogen-bond acceptors (Lipinski definition) is 3. The normalized spacial score (nSPS) is 38.5. The summed E-state index contributed by atoms with van der Waals surface area (Å²) in [6.45, 7) is 4.03. The van der Waals surface area contributed by atoms with E-state index in [0.29, 0.717) is 17.7 Å². The van der Waals surface area contributed by atoms with Crippen LogP contribution in [0.4, 0.5) is 0 Å². The number of nitrogens with zero attached hydrogens (tertiary/aromatic N) is 2. The van der Waals surface area contributed by atoms with Crippen LogP contribution in [0.15, 0.2) is 0 Å². The van der Waals surface area contributed by atoms with Crippen molar-refractivity contribution >= 4 is 5.91 Å². The molecule has 4 nitrogen and oxygen atoms in total. The third-order valence-corrected chi connectivity index (χ3v) is 4.85. The summed E-state index contributed by atoms with van der Waals surface area (Å²) in [4.78, 5) is 14.5. The number of piperazine rings is 1. The molecule has 2 aliphatic carbocycles. The lowest BCUT2D eigenvalue weighted by atomic mass is 9.88. The lowest BCUT2D eigenvalue weighted by molar-refractivity contribution is -0.132. The van der Waals surface area contributed by atoms with E-state index in [-0.39, 0.29) is 0 Å². The smallest absolute Gasteiger partial charge is 0.237 e. The predicted molar refractivity (Wildman–Crippen MR) is 66.2 cm³/mol. The van der Waals surface area contributed by atoms with Crippen LogP contribution in [0.3, 0.4) is 0 Å².